The predicted octanol–water partition coefficient (Wildman–Crippen LogP) is 1.12. The van der Waals surface area contributed by atoms with Crippen molar-refractivity contribution in [1.29, 1.82) is 0 Å². The van der Waals surface area contributed by atoms with Crippen molar-refractivity contribution < 1.29 is 19.5 Å². The number of nitrogens with one attached hydrogen (secondary N) is 2. The van der Waals surface area contributed by atoms with Gasteiger partial charge in [-0.25, -0.2) is 4.79 Å². The number of carboxylic acids is 1. The van der Waals surface area contributed by atoms with Crippen LogP contribution in [0.2, 0.25) is 0 Å². The molecule has 0 saturated carbocycles. The first-order valence-corrected chi connectivity index (χ1v) is 11.8. The minimum atomic E-state index is -1.09. The molecule has 0 saturated heterocycles. The number of carboxylic acid groups (broad SMARTS) is 1. The minimum absolute atomic E-state index is 0.253. The normalized spacial score (nSPS) is 14.0. The van der Waals surface area contributed by atoms with E-state index in [1.807, 2.05) is 42.8 Å². The van der Waals surface area contributed by atoms with Gasteiger partial charge in [-0.15, -0.1) is 0 Å². The van der Waals surface area contributed by atoms with Gasteiger partial charge in [-0.3, -0.25) is 9.59 Å². The van der Waals surface area contributed by atoms with Crippen LogP contribution in [0.15, 0.2) is 30.3 Å². The first kappa shape index (κ1) is 24.3. The molecule has 0 aliphatic rings. The Morgan fingerprint density at radius 2 is 1.54 bits per heavy atom. The van der Waals surface area contributed by atoms with Crippen molar-refractivity contribution in [2.75, 3.05) is 24.0 Å². The van der Waals surface area contributed by atoms with Crippen LogP contribution in [0.25, 0.3) is 0 Å². The summed E-state index contributed by atoms with van der Waals surface area (Å²) < 4.78 is 0. The maximum atomic E-state index is 12.8. The molecule has 3 unspecified atom stereocenters. The summed E-state index contributed by atoms with van der Waals surface area (Å²) in [7, 11) is 0. The number of nitrogens with two attached hydrogens (primary N) is 1. The highest BCUT2D eigenvalue weighted by Gasteiger charge is 2.27. The van der Waals surface area contributed by atoms with Crippen molar-refractivity contribution in [3.8, 4) is 0 Å². The van der Waals surface area contributed by atoms with Gasteiger partial charge in [-0.05, 0) is 42.4 Å². The standard InChI is InChI=1S/C19H29N3O4S2/c1-27-10-8-14(20)17(23)22-16(12-13-6-4-3-5-7-13)18(24)21-15(19(25)26)9-11-28-2/h3-7,14-16H,8-12,20H2,1-2H3,(H,21,24)(H,22,23)(H,25,26). The highest BCUT2D eigenvalue weighted by atomic mass is 32.2. The summed E-state index contributed by atoms with van der Waals surface area (Å²) in [5.41, 5.74) is 6.76. The monoisotopic (exact) mass is 427 g/mol. The number of carbonyl (C=O) groups is 3. The second kappa shape index (κ2) is 13.5. The SMILES string of the molecule is CSCCC(N)C(=O)NC(Cc1ccccc1)C(=O)NC(CCSC)C(=O)O. The zero-order valence-electron chi connectivity index (χ0n) is 16.2. The molecule has 1 aromatic rings. The molecular formula is C19H29N3O4S2. The summed E-state index contributed by atoms with van der Waals surface area (Å²) in [6.07, 6.45) is 4.86. The van der Waals surface area contributed by atoms with E-state index in [4.69, 9.17) is 5.73 Å². The largest absolute Gasteiger partial charge is 0.480 e. The summed E-state index contributed by atoms with van der Waals surface area (Å²) in [5.74, 6) is -0.695. The van der Waals surface area contributed by atoms with Gasteiger partial charge < -0.3 is 21.5 Å². The smallest absolute Gasteiger partial charge is 0.326 e. The number of thioether (sulfide) groups is 2. The van der Waals surface area contributed by atoms with Gasteiger partial charge in [0.15, 0.2) is 0 Å². The molecule has 0 spiro atoms. The summed E-state index contributed by atoms with van der Waals surface area (Å²) in [5, 5.41) is 14.6. The molecule has 5 N–H and O–H groups in total. The molecule has 0 heterocycles. The van der Waals surface area contributed by atoms with Gasteiger partial charge in [0.25, 0.3) is 0 Å². The Balaban J connectivity index is 2.87. The van der Waals surface area contributed by atoms with Gasteiger partial charge in [-0.1, -0.05) is 30.3 Å². The van der Waals surface area contributed by atoms with Gasteiger partial charge in [0, 0.05) is 6.42 Å². The van der Waals surface area contributed by atoms with Crippen molar-refractivity contribution in [1.82, 2.24) is 10.6 Å². The van der Waals surface area contributed by atoms with Crippen LogP contribution in [0.4, 0.5) is 0 Å². The number of rotatable bonds is 13. The first-order chi connectivity index (χ1) is 13.4. The molecule has 0 bridgehead atoms. The van der Waals surface area contributed by atoms with Crippen molar-refractivity contribution in [3.05, 3.63) is 35.9 Å². The molecule has 7 nitrogen and oxygen atoms in total. The van der Waals surface area contributed by atoms with E-state index in [9.17, 15) is 19.5 Å². The summed E-state index contributed by atoms with van der Waals surface area (Å²) >= 11 is 3.09. The molecule has 1 rings (SSSR count). The summed E-state index contributed by atoms with van der Waals surface area (Å²) in [6.45, 7) is 0. The van der Waals surface area contributed by atoms with Crippen molar-refractivity contribution in [2.24, 2.45) is 5.73 Å². The first-order valence-electron chi connectivity index (χ1n) is 9.00. The van der Waals surface area contributed by atoms with E-state index in [-0.39, 0.29) is 6.42 Å². The number of aliphatic carboxylic acids is 1. The van der Waals surface area contributed by atoms with Gasteiger partial charge >= 0.3 is 5.97 Å². The summed E-state index contributed by atoms with van der Waals surface area (Å²) in [4.78, 5) is 36.6. The zero-order valence-corrected chi connectivity index (χ0v) is 17.9. The van der Waals surface area contributed by atoms with E-state index in [0.717, 1.165) is 11.3 Å². The molecule has 0 aliphatic carbocycles. The van der Waals surface area contributed by atoms with E-state index in [1.165, 1.54) is 11.8 Å². The molecule has 1 aromatic carbocycles. The fourth-order valence-corrected chi connectivity index (χ4v) is 3.44. The number of hydrogen-bond donors (Lipinski definition) is 4. The average Bonchev–Trinajstić information content (AvgIpc) is 2.68. The Labute approximate surface area is 174 Å². The van der Waals surface area contributed by atoms with Crippen molar-refractivity contribution >= 4 is 41.3 Å². The topological polar surface area (TPSA) is 122 Å². The fourth-order valence-electron chi connectivity index (χ4n) is 2.48. The third-order valence-electron chi connectivity index (χ3n) is 4.11. The lowest BCUT2D eigenvalue weighted by Crippen LogP contribution is -2.55. The third-order valence-corrected chi connectivity index (χ3v) is 5.40. The molecule has 0 aliphatic heterocycles. The second-order valence-corrected chi connectivity index (χ2v) is 8.29. The molecule has 2 amide bonds. The molecule has 3 atom stereocenters. The van der Waals surface area contributed by atoms with E-state index in [1.54, 1.807) is 11.8 Å². The number of hydrogen-bond acceptors (Lipinski definition) is 6. The number of amides is 2. The zero-order chi connectivity index (χ0) is 20.9. The third kappa shape index (κ3) is 8.99. The lowest BCUT2D eigenvalue weighted by atomic mass is 10.0. The van der Waals surface area contributed by atoms with Crippen LogP contribution in [-0.4, -0.2) is 65.0 Å². The quantitative estimate of drug-likeness (QED) is 0.372. The predicted molar refractivity (Wildman–Crippen MR) is 116 cm³/mol. The number of carbonyl (C=O) groups excluding carboxylic acids is 2. The molecular weight excluding hydrogens is 398 g/mol. The molecule has 9 heteroatoms. The summed E-state index contributed by atoms with van der Waals surface area (Å²) in [6, 6.07) is 6.63. The molecule has 0 aromatic heterocycles. The van der Waals surface area contributed by atoms with Crippen molar-refractivity contribution in [3.63, 3.8) is 0 Å². The average molecular weight is 428 g/mol. The lowest BCUT2D eigenvalue weighted by molar-refractivity contribution is -0.142. The van der Waals surface area contributed by atoms with E-state index in [2.05, 4.69) is 10.6 Å². The Morgan fingerprint density at radius 3 is 2.11 bits per heavy atom. The van der Waals surface area contributed by atoms with Crippen LogP contribution in [0, 0.1) is 0 Å². The van der Waals surface area contributed by atoms with E-state index < -0.39 is 35.9 Å². The Kier molecular flexibility index (Phi) is 11.7. The highest BCUT2D eigenvalue weighted by Crippen LogP contribution is 2.07. The molecule has 28 heavy (non-hydrogen) atoms. The van der Waals surface area contributed by atoms with Crippen LogP contribution in [0.3, 0.4) is 0 Å². The maximum absolute atomic E-state index is 12.8. The Bertz CT molecular complexity index is 631. The molecule has 156 valence electrons. The number of benzene rings is 1. The van der Waals surface area contributed by atoms with Crippen LogP contribution >= 0.6 is 23.5 Å². The van der Waals surface area contributed by atoms with Crippen LogP contribution in [0.1, 0.15) is 18.4 Å². The second-order valence-electron chi connectivity index (χ2n) is 6.32. The van der Waals surface area contributed by atoms with E-state index >= 15 is 0 Å². The Morgan fingerprint density at radius 1 is 0.964 bits per heavy atom. The van der Waals surface area contributed by atoms with Gasteiger partial charge in [-0.2, -0.15) is 23.5 Å². The van der Waals surface area contributed by atoms with Crippen LogP contribution in [-0.2, 0) is 20.8 Å². The minimum Gasteiger partial charge on any atom is -0.480 e. The van der Waals surface area contributed by atoms with E-state index in [0.29, 0.717) is 18.6 Å². The lowest BCUT2D eigenvalue weighted by Gasteiger charge is -2.23. The fraction of sp³-hybridized carbons (Fsp3) is 0.526. The van der Waals surface area contributed by atoms with Crippen molar-refractivity contribution in [2.45, 2.75) is 37.4 Å². The Hall–Kier alpha value is -1.71. The van der Waals surface area contributed by atoms with Gasteiger partial charge in [0.1, 0.15) is 12.1 Å². The van der Waals surface area contributed by atoms with Crippen LogP contribution < -0.4 is 16.4 Å². The van der Waals surface area contributed by atoms with Crippen LogP contribution in [0.5, 0.6) is 0 Å². The molecule has 0 radical (unpaired) electrons. The molecule has 0 fully saturated rings. The maximum Gasteiger partial charge on any atom is 0.326 e. The highest BCUT2D eigenvalue weighted by molar-refractivity contribution is 7.98. The van der Waals surface area contributed by atoms with Gasteiger partial charge in [0.05, 0.1) is 6.04 Å². The van der Waals surface area contributed by atoms with Gasteiger partial charge in [0.2, 0.25) is 11.8 Å².